The number of hydrogen-bond donors (Lipinski definition) is 2. The topological polar surface area (TPSA) is 66.2 Å². The summed E-state index contributed by atoms with van der Waals surface area (Å²) in [5, 5.41) is 21.8. The van der Waals surface area contributed by atoms with E-state index in [1.807, 2.05) is 48.5 Å². The van der Waals surface area contributed by atoms with Gasteiger partial charge in [-0.15, -0.1) is 0 Å². The molecular formula is C24H26CuN2O2. The number of aryl methyl sites for hydroxylation is 2. The van der Waals surface area contributed by atoms with Crippen molar-refractivity contribution in [3.05, 3.63) is 72.1 Å². The maximum Gasteiger partial charge on any atom is 0.144 e. The minimum atomic E-state index is 0. The number of phenols is 2. The summed E-state index contributed by atoms with van der Waals surface area (Å²) < 4.78 is 0. The Bertz CT molecular complexity index is 996. The molecule has 2 heterocycles. The molecule has 2 aromatic heterocycles. The molecule has 0 spiro atoms. The molecule has 0 saturated carbocycles. The normalized spacial score (nSPS) is 10.3. The molecule has 0 fully saturated rings. The van der Waals surface area contributed by atoms with E-state index in [4.69, 9.17) is 0 Å². The molecule has 4 nitrogen and oxygen atoms in total. The summed E-state index contributed by atoms with van der Waals surface area (Å²) in [6, 6.07) is 15.6. The first-order valence-corrected chi connectivity index (χ1v) is 9.76. The van der Waals surface area contributed by atoms with Crippen LogP contribution in [0.15, 0.2) is 60.9 Å². The first kappa shape index (κ1) is 22.7. The van der Waals surface area contributed by atoms with E-state index in [9.17, 15) is 10.2 Å². The average molecular weight is 438 g/mol. The first-order valence-electron chi connectivity index (χ1n) is 9.76. The van der Waals surface area contributed by atoms with Gasteiger partial charge in [-0.05, 0) is 36.1 Å². The quantitative estimate of drug-likeness (QED) is 0.397. The van der Waals surface area contributed by atoms with Crippen molar-refractivity contribution in [1.82, 2.24) is 9.97 Å². The van der Waals surface area contributed by atoms with Gasteiger partial charge in [0, 0.05) is 40.2 Å². The summed E-state index contributed by atoms with van der Waals surface area (Å²) in [5.74, 6) is 0.676. The van der Waals surface area contributed by atoms with Gasteiger partial charge in [-0.25, -0.2) is 0 Å². The van der Waals surface area contributed by atoms with E-state index in [2.05, 4.69) is 23.8 Å². The Labute approximate surface area is 182 Å². The fraction of sp³-hybridized carbons (Fsp3) is 0.250. The molecule has 0 aliphatic heterocycles. The molecule has 0 amide bonds. The van der Waals surface area contributed by atoms with Crippen molar-refractivity contribution in [2.75, 3.05) is 0 Å². The van der Waals surface area contributed by atoms with Crippen molar-refractivity contribution in [3.8, 4) is 11.5 Å². The largest absolute Gasteiger partial charge is 0.505 e. The minimum Gasteiger partial charge on any atom is -0.505 e. The molecule has 0 unspecified atom stereocenters. The molecule has 155 valence electrons. The number of pyridine rings is 2. The SMILES string of the molecule is CCCc1ccc2cccnc2c1O.CCCc1ccc2cccnc2c1O.[Cu]. The van der Waals surface area contributed by atoms with E-state index in [1.54, 1.807) is 12.4 Å². The Morgan fingerprint density at radius 3 is 1.45 bits per heavy atom. The van der Waals surface area contributed by atoms with Crippen LogP contribution in [0.3, 0.4) is 0 Å². The first-order chi connectivity index (χ1) is 13.7. The number of aromatic nitrogens is 2. The fourth-order valence-electron chi connectivity index (χ4n) is 3.29. The second kappa shape index (κ2) is 10.8. The number of aromatic hydroxyl groups is 2. The van der Waals surface area contributed by atoms with Gasteiger partial charge in [-0.3, -0.25) is 9.97 Å². The second-order valence-corrected chi connectivity index (χ2v) is 6.80. The molecule has 5 heteroatoms. The van der Waals surface area contributed by atoms with E-state index in [1.165, 1.54) is 0 Å². The molecule has 4 rings (SSSR count). The zero-order chi connectivity index (χ0) is 19.9. The van der Waals surface area contributed by atoms with Gasteiger partial charge in [-0.1, -0.05) is 63.1 Å². The number of hydrogen-bond acceptors (Lipinski definition) is 4. The van der Waals surface area contributed by atoms with Crippen molar-refractivity contribution in [2.45, 2.75) is 39.5 Å². The van der Waals surface area contributed by atoms with Gasteiger partial charge in [0.2, 0.25) is 0 Å². The summed E-state index contributed by atoms with van der Waals surface area (Å²) >= 11 is 0. The third kappa shape index (κ3) is 5.26. The third-order valence-corrected chi connectivity index (χ3v) is 4.70. The van der Waals surface area contributed by atoms with Crippen LogP contribution in [-0.4, -0.2) is 20.2 Å². The maximum absolute atomic E-state index is 9.92. The Balaban J connectivity index is 0.000000200. The van der Waals surface area contributed by atoms with Crippen molar-refractivity contribution in [1.29, 1.82) is 0 Å². The summed E-state index contributed by atoms with van der Waals surface area (Å²) in [6.07, 6.45) is 7.28. The van der Waals surface area contributed by atoms with Crippen LogP contribution in [-0.2, 0) is 29.9 Å². The van der Waals surface area contributed by atoms with E-state index < -0.39 is 0 Å². The van der Waals surface area contributed by atoms with Crippen LogP contribution in [0, 0.1) is 0 Å². The average Bonchev–Trinajstić information content (AvgIpc) is 2.73. The standard InChI is InChI=1S/2C12H13NO.Cu/c2*1-2-4-10-7-6-9-5-3-8-13-11(9)12(10)14;/h2*3,5-8,14H,2,4H2,1H3;. The second-order valence-electron chi connectivity index (χ2n) is 6.80. The van der Waals surface area contributed by atoms with Crippen LogP contribution >= 0.6 is 0 Å². The summed E-state index contributed by atoms with van der Waals surface area (Å²) in [5.41, 5.74) is 3.38. The van der Waals surface area contributed by atoms with Crippen LogP contribution < -0.4 is 0 Å². The molecular weight excluding hydrogens is 412 g/mol. The third-order valence-electron chi connectivity index (χ3n) is 4.70. The predicted molar refractivity (Wildman–Crippen MR) is 115 cm³/mol. The molecule has 2 aromatic carbocycles. The molecule has 1 radical (unpaired) electrons. The van der Waals surface area contributed by atoms with E-state index in [0.29, 0.717) is 22.5 Å². The van der Waals surface area contributed by atoms with Gasteiger partial charge in [0.1, 0.15) is 22.5 Å². The van der Waals surface area contributed by atoms with Crippen molar-refractivity contribution in [3.63, 3.8) is 0 Å². The zero-order valence-electron chi connectivity index (χ0n) is 16.7. The number of fused-ring (bicyclic) bond motifs is 2. The number of benzene rings is 2. The van der Waals surface area contributed by atoms with Gasteiger partial charge >= 0.3 is 0 Å². The Kier molecular flexibility index (Phi) is 8.44. The molecule has 2 N–H and O–H groups in total. The molecule has 29 heavy (non-hydrogen) atoms. The van der Waals surface area contributed by atoms with Gasteiger partial charge in [0.25, 0.3) is 0 Å². The van der Waals surface area contributed by atoms with Crippen LogP contribution in [0.25, 0.3) is 21.8 Å². The van der Waals surface area contributed by atoms with E-state index >= 15 is 0 Å². The molecule has 0 saturated heterocycles. The van der Waals surface area contributed by atoms with Crippen LogP contribution in [0.4, 0.5) is 0 Å². The van der Waals surface area contributed by atoms with Gasteiger partial charge < -0.3 is 10.2 Å². The summed E-state index contributed by atoms with van der Waals surface area (Å²) in [6.45, 7) is 4.20. The van der Waals surface area contributed by atoms with Crippen molar-refractivity contribution >= 4 is 21.8 Å². The molecule has 4 aromatic rings. The minimum absolute atomic E-state index is 0. The predicted octanol–water partition coefficient (Wildman–Crippen LogP) is 5.78. The van der Waals surface area contributed by atoms with Crippen LogP contribution in [0.2, 0.25) is 0 Å². The zero-order valence-corrected chi connectivity index (χ0v) is 17.6. The Morgan fingerprint density at radius 1 is 0.655 bits per heavy atom. The van der Waals surface area contributed by atoms with Crippen molar-refractivity contribution < 1.29 is 27.3 Å². The molecule has 0 aliphatic rings. The summed E-state index contributed by atoms with van der Waals surface area (Å²) in [7, 11) is 0. The van der Waals surface area contributed by atoms with Crippen LogP contribution in [0.5, 0.6) is 11.5 Å². The van der Waals surface area contributed by atoms with E-state index in [-0.39, 0.29) is 17.1 Å². The number of phenolic OH excluding ortho intramolecular Hbond substituents is 2. The molecule has 0 aliphatic carbocycles. The monoisotopic (exact) mass is 437 g/mol. The van der Waals surface area contributed by atoms with Gasteiger partial charge in [0.05, 0.1) is 0 Å². The maximum atomic E-state index is 9.92. The van der Waals surface area contributed by atoms with E-state index in [0.717, 1.165) is 47.6 Å². The molecule has 0 atom stereocenters. The Morgan fingerprint density at radius 2 is 1.07 bits per heavy atom. The van der Waals surface area contributed by atoms with Crippen LogP contribution in [0.1, 0.15) is 37.8 Å². The fourth-order valence-corrected chi connectivity index (χ4v) is 3.29. The van der Waals surface area contributed by atoms with Gasteiger partial charge in [0.15, 0.2) is 0 Å². The molecule has 0 bridgehead atoms. The number of nitrogens with zero attached hydrogens (tertiary/aromatic N) is 2. The Hall–Kier alpha value is -2.62. The van der Waals surface area contributed by atoms with Crippen molar-refractivity contribution in [2.24, 2.45) is 0 Å². The summed E-state index contributed by atoms with van der Waals surface area (Å²) in [4.78, 5) is 8.35. The van der Waals surface area contributed by atoms with Gasteiger partial charge in [-0.2, -0.15) is 0 Å². The smallest absolute Gasteiger partial charge is 0.144 e. The number of rotatable bonds is 4.